The number of carboxylic acids is 1. The number of nitrogens with one attached hydrogen (secondary N) is 1. The molecule has 1 saturated heterocycles. The molecule has 5 nitrogen and oxygen atoms in total. The third-order valence-electron chi connectivity index (χ3n) is 3.33. The van der Waals surface area contributed by atoms with E-state index in [-0.39, 0.29) is 12.5 Å². The first kappa shape index (κ1) is 14.4. The van der Waals surface area contributed by atoms with Gasteiger partial charge in [-0.1, -0.05) is 6.42 Å². The Hall–Kier alpha value is -0.650. The molecule has 2 atom stereocenters. The van der Waals surface area contributed by atoms with Gasteiger partial charge < -0.3 is 20.3 Å². The first-order valence-electron chi connectivity index (χ1n) is 6.31. The van der Waals surface area contributed by atoms with Gasteiger partial charge in [-0.25, -0.2) is 0 Å². The van der Waals surface area contributed by atoms with Crippen molar-refractivity contribution in [2.45, 2.75) is 50.7 Å². The van der Waals surface area contributed by atoms with Gasteiger partial charge >= 0.3 is 5.97 Å². The van der Waals surface area contributed by atoms with E-state index in [1.165, 1.54) is 0 Å². The Morgan fingerprint density at radius 2 is 2.24 bits per heavy atom. The maximum atomic E-state index is 10.3. The average molecular weight is 245 g/mol. The van der Waals surface area contributed by atoms with Crippen molar-refractivity contribution in [2.75, 3.05) is 19.7 Å². The van der Waals surface area contributed by atoms with E-state index < -0.39 is 11.6 Å². The van der Waals surface area contributed by atoms with Crippen LogP contribution >= 0.6 is 0 Å². The molecular formula is C12H23NO4. The second-order valence-electron chi connectivity index (χ2n) is 4.75. The monoisotopic (exact) mass is 245 g/mol. The Morgan fingerprint density at radius 1 is 1.47 bits per heavy atom. The van der Waals surface area contributed by atoms with Crippen molar-refractivity contribution in [3.63, 3.8) is 0 Å². The topological polar surface area (TPSA) is 78.8 Å². The number of carboxylic acid groups (broad SMARTS) is 1. The van der Waals surface area contributed by atoms with Gasteiger partial charge in [-0.05, 0) is 26.3 Å². The van der Waals surface area contributed by atoms with Gasteiger partial charge in [-0.15, -0.1) is 0 Å². The fourth-order valence-corrected chi connectivity index (χ4v) is 2.01. The Bertz CT molecular complexity index is 247. The highest BCUT2D eigenvalue weighted by Crippen LogP contribution is 2.24. The van der Waals surface area contributed by atoms with E-state index in [2.05, 4.69) is 5.32 Å². The van der Waals surface area contributed by atoms with Gasteiger partial charge in [-0.3, -0.25) is 4.79 Å². The summed E-state index contributed by atoms with van der Waals surface area (Å²) in [6.07, 6.45) is 3.39. The van der Waals surface area contributed by atoms with Crippen LogP contribution in [-0.2, 0) is 9.53 Å². The van der Waals surface area contributed by atoms with Crippen molar-refractivity contribution in [1.82, 2.24) is 5.32 Å². The summed E-state index contributed by atoms with van der Waals surface area (Å²) in [7, 11) is 0. The van der Waals surface area contributed by atoms with Crippen LogP contribution in [0.1, 0.15) is 39.0 Å². The first-order valence-corrected chi connectivity index (χ1v) is 6.31. The summed E-state index contributed by atoms with van der Waals surface area (Å²) < 4.78 is 5.34. The van der Waals surface area contributed by atoms with E-state index in [0.29, 0.717) is 19.6 Å². The zero-order chi connectivity index (χ0) is 12.7. The molecule has 0 aromatic heterocycles. The lowest BCUT2D eigenvalue weighted by molar-refractivity contribution is -0.137. The van der Waals surface area contributed by atoms with Gasteiger partial charge in [0.2, 0.25) is 0 Å². The highest BCUT2D eigenvalue weighted by atomic mass is 16.5. The van der Waals surface area contributed by atoms with Crippen LogP contribution < -0.4 is 5.32 Å². The lowest BCUT2D eigenvalue weighted by Crippen LogP contribution is -2.46. The number of hydrogen-bond acceptors (Lipinski definition) is 4. The van der Waals surface area contributed by atoms with Crippen molar-refractivity contribution in [3.05, 3.63) is 0 Å². The molecule has 2 unspecified atom stereocenters. The molecule has 0 aliphatic carbocycles. The maximum absolute atomic E-state index is 10.3. The molecule has 100 valence electrons. The quantitative estimate of drug-likeness (QED) is 0.550. The molecule has 1 rings (SSSR count). The standard InChI is InChI=1S/C12H23NO4/c1-10-12(16,6-8-17-10)9-13-7-4-2-3-5-11(14)15/h10,13,16H,2-9H2,1H3,(H,14,15). The Labute approximate surface area is 102 Å². The summed E-state index contributed by atoms with van der Waals surface area (Å²) in [6.45, 7) is 3.88. The van der Waals surface area contributed by atoms with Crippen molar-refractivity contribution in [2.24, 2.45) is 0 Å². The van der Waals surface area contributed by atoms with Crippen LogP contribution in [0.5, 0.6) is 0 Å². The van der Waals surface area contributed by atoms with Gasteiger partial charge in [0.1, 0.15) is 5.60 Å². The Morgan fingerprint density at radius 3 is 2.82 bits per heavy atom. The van der Waals surface area contributed by atoms with E-state index in [1.54, 1.807) is 0 Å². The Balaban J connectivity index is 1.99. The van der Waals surface area contributed by atoms with E-state index in [1.807, 2.05) is 6.92 Å². The highest BCUT2D eigenvalue weighted by molar-refractivity contribution is 5.66. The number of carbonyl (C=O) groups is 1. The minimum absolute atomic E-state index is 0.109. The van der Waals surface area contributed by atoms with E-state index in [9.17, 15) is 9.90 Å². The number of ether oxygens (including phenoxy) is 1. The van der Waals surface area contributed by atoms with Crippen LogP contribution in [0.3, 0.4) is 0 Å². The summed E-state index contributed by atoms with van der Waals surface area (Å²) in [5, 5.41) is 21.8. The molecule has 1 fully saturated rings. The molecule has 5 heteroatoms. The van der Waals surface area contributed by atoms with Crippen molar-refractivity contribution >= 4 is 5.97 Å². The van der Waals surface area contributed by atoms with Gasteiger partial charge in [-0.2, -0.15) is 0 Å². The summed E-state index contributed by atoms with van der Waals surface area (Å²) >= 11 is 0. The Kier molecular flexibility index (Phi) is 5.88. The van der Waals surface area contributed by atoms with E-state index in [0.717, 1.165) is 25.8 Å². The van der Waals surface area contributed by atoms with Crippen LogP contribution in [0.25, 0.3) is 0 Å². The lowest BCUT2D eigenvalue weighted by atomic mass is 9.97. The van der Waals surface area contributed by atoms with Gasteiger partial charge in [0.05, 0.1) is 6.10 Å². The normalized spacial score (nSPS) is 28.5. The molecule has 0 aromatic carbocycles. The molecule has 0 spiro atoms. The SMILES string of the molecule is CC1OCCC1(O)CNCCCCCC(=O)O. The third-order valence-corrected chi connectivity index (χ3v) is 3.33. The summed E-state index contributed by atoms with van der Waals surface area (Å²) in [6, 6.07) is 0. The number of aliphatic hydroxyl groups is 1. The van der Waals surface area contributed by atoms with Crippen LogP contribution in [0.15, 0.2) is 0 Å². The molecule has 0 bridgehead atoms. The van der Waals surface area contributed by atoms with Gasteiger partial charge in [0.15, 0.2) is 0 Å². The van der Waals surface area contributed by atoms with Crippen LogP contribution in [0, 0.1) is 0 Å². The summed E-state index contributed by atoms with van der Waals surface area (Å²) in [4.78, 5) is 10.3. The lowest BCUT2D eigenvalue weighted by Gasteiger charge is -2.26. The molecule has 1 aliphatic heterocycles. The fraction of sp³-hybridized carbons (Fsp3) is 0.917. The van der Waals surface area contributed by atoms with Crippen LogP contribution in [-0.4, -0.2) is 47.6 Å². The molecule has 0 aromatic rings. The number of hydrogen-bond donors (Lipinski definition) is 3. The number of unbranched alkanes of at least 4 members (excludes halogenated alkanes) is 2. The summed E-state index contributed by atoms with van der Waals surface area (Å²) in [5.41, 5.74) is -0.735. The largest absolute Gasteiger partial charge is 0.481 e. The maximum Gasteiger partial charge on any atom is 0.303 e. The number of aliphatic carboxylic acids is 1. The van der Waals surface area contributed by atoms with E-state index in [4.69, 9.17) is 9.84 Å². The highest BCUT2D eigenvalue weighted by Gasteiger charge is 2.38. The van der Waals surface area contributed by atoms with Crippen molar-refractivity contribution < 1.29 is 19.7 Å². The molecule has 3 N–H and O–H groups in total. The first-order chi connectivity index (χ1) is 8.04. The van der Waals surface area contributed by atoms with Gasteiger partial charge in [0.25, 0.3) is 0 Å². The molecule has 1 heterocycles. The second-order valence-corrected chi connectivity index (χ2v) is 4.75. The minimum atomic E-state index is -0.735. The average Bonchev–Trinajstić information content (AvgIpc) is 2.58. The third kappa shape index (κ3) is 5.02. The van der Waals surface area contributed by atoms with Crippen molar-refractivity contribution in [3.8, 4) is 0 Å². The van der Waals surface area contributed by atoms with Gasteiger partial charge in [0, 0.05) is 26.0 Å². The fourth-order valence-electron chi connectivity index (χ4n) is 2.01. The molecular weight excluding hydrogens is 222 g/mol. The molecule has 0 saturated carbocycles. The number of rotatable bonds is 8. The van der Waals surface area contributed by atoms with E-state index >= 15 is 0 Å². The predicted octanol–water partition coefficient (Wildman–Crippen LogP) is 0.761. The molecule has 1 aliphatic rings. The summed E-state index contributed by atoms with van der Waals surface area (Å²) in [5.74, 6) is -0.732. The molecule has 0 amide bonds. The predicted molar refractivity (Wildman–Crippen MR) is 64.0 cm³/mol. The molecule has 17 heavy (non-hydrogen) atoms. The zero-order valence-electron chi connectivity index (χ0n) is 10.4. The zero-order valence-corrected chi connectivity index (χ0v) is 10.4. The minimum Gasteiger partial charge on any atom is -0.481 e. The molecule has 0 radical (unpaired) electrons. The van der Waals surface area contributed by atoms with Crippen LogP contribution in [0.2, 0.25) is 0 Å². The van der Waals surface area contributed by atoms with Crippen molar-refractivity contribution in [1.29, 1.82) is 0 Å². The van der Waals surface area contributed by atoms with Crippen LogP contribution in [0.4, 0.5) is 0 Å². The second kappa shape index (κ2) is 6.93. The smallest absolute Gasteiger partial charge is 0.303 e.